The van der Waals surface area contributed by atoms with Gasteiger partial charge in [0.15, 0.2) is 0 Å². The van der Waals surface area contributed by atoms with Crippen molar-refractivity contribution in [3.8, 4) is 0 Å². The van der Waals surface area contributed by atoms with Gasteiger partial charge < -0.3 is 4.74 Å². The average Bonchev–Trinajstić information content (AvgIpc) is 2.95. The van der Waals surface area contributed by atoms with Gasteiger partial charge in [-0.05, 0) is 50.2 Å². The molecule has 2 atom stereocenters. The summed E-state index contributed by atoms with van der Waals surface area (Å²) < 4.78 is 19.4. The van der Waals surface area contributed by atoms with Crippen LogP contribution in [-0.2, 0) is 11.2 Å². The Hall–Kier alpha value is -0.680. The van der Waals surface area contributed by atoms with Gasteiger partial charge in [0, 0.05) is 12.6 Å². The van der Waals surface area contributed by atoms with Crippen LogP contribution in [0, 0.1) is 5.82 Å². The van der Waals surface area contributed by atoms with Gasteiger partial charge in [-0.15, -0.1) is 0 Å². The highest BCUT2D eigenvalue weighted by Crippen LogP contribution is 2.21. The van der Waals surface area contributed by atoms with Crippen LogP contribution in [-0.4, -0.2) is 18.8 Å². The zero-order valence-corrected chi connectivity index (χ0v) is 12.3. The van der Waals surface area contributed by atoms with Crippen molar-refractivity contribution in [1.82, 2.24) is 5.43 Å². The molecule has 0 amide bonds. The van der Waals surface area contributed by atoms with Crippen LogP contribution >= 0.6 is 11.6 Å². The molecule has 1 aliphatic heterocycles. The predicted octanol–water partition coefficient (Wildman–Crippen LogP) is 3.20. The molecule has 0 spiro atoms. The first-order valence-corrected chi connectivity index (χ1v) is 7.59. The van der Waals surface area contributed by atoms with E-state index in [0.29, 0.717) is 18.1 Å². The van der Waals surface area contributed by atoms with Crippen molar-refractivity contribution in [2.45, 2.75) is 50.7 Å². The van der Waals surface area contributed by atoms with Crippen LogP contribution in [0.15, 0.2) is 18.2 Å². The van der Waals surface area contributed by atoms with Crippen molar-refractivity contribution in [3.63, 3.8) is 0 Å². The lowest BCUT2D eigenvalue weighted by molar-refractivity contribution is 0.101. The van der Waals surface area contributed by atoms with Crippen molar-refractivity contribution >= 4 is 11.6 Å². The number of nitrogens with two attached hydrogens (primary N) is 1. The predicted molar refractivity (Wildman–Crippen MR) is 79.1 cm³/mol. The van der Waals surface area contributed by atoms with Crippen LogP contribution in [0.3, 0.4) is 0 Å². The van der Waals surface area contributed by atoms with E-state index >= 15 is 0 Å². The Bertz CT molecular complexity index is 424. The molecule has 1 saturated heterocycles. The fourth-order valence-electron chi connectivity index (χ4n) is 2.68. The Morgan fingerprint density at radius 2 is 2.35 bits per heavy atom. The average molecular weight is 301 g/mol. The third-order valence-corrected chi connectivity index (χ3v) is 4.13. The SMILES string of the molecule is NNC(CCCC1CCCO1)Cc1cccc(Cl)c1F. The summed E-state index contributed by atoms with van der Waals surface area (Å²) in [7, 11) is 0. The number of hydrogen-bond acceptors (Lipinski definition) is 3. The van der Waals surface area contributed by atoms with Crippen molar-refractivity contribution in [2.75, 3.05) is 6.61 Å². The van der Waals surface area contributed by atoms with E-state index in [1.54, 1.807) is 18.2 Å². The summed E-state index contributed by atoms with van der Waals surface area (Å²) in [5, 5.41) is 0.164. The smallest absolute Gasteiger partial charge is 0.145 e. The summed E-state index contributed by atoms with van der Waals surface area (Å²) in [5.74, 6) is 5.23. The normalized spacial score (nSPS) is 20.2. The fourth-order valence-corrected chi connectivity index (χ4v) is 2.87. The second kappa shape index (κ2) is 7.93. The van der Waals surface area contributed by atoms with Gasteiger partial charge in [0.2, 0.25) is 0 Å². The summed E-state index contributed by atoms with van der Waals surface area (Å²) in [5.41, 5.74) is 3.38. The molecule has 1 heterocycles. The molecule has 1 aromatic carbocycles. The van der Waals surface area contributed by atoms with Gasteiger partial charge in [0.1, 0.15) is 5.82 Å². The number of nitrogens with one attached hydrogen (secondary N) is 1. The van der Waals surface area contributed by atoms with Gasteiger partial charge in [-0.25, -0.2) is 4.39 Å². The van der Waals surface area contributed by atoms with Crippen LogP contribution in [0.5, 0.6) is 0 Å². The monoisotopic (exact) mass is 300 g/mol. The minimum atomic E-state index is -0.339. The molecule has 2 rings (SSSR count). The lowest BCUT2D eigenvalue weighted by Crippen LogP contribution is -2.37. The summed E-state index contributed by atoms with van der Waals surface area (Å²) in [4.78, 5) is 0. The van der Waals surface area contributed by atoms with E-state index in [1.807, 2.05) is 0 Å². The Morgan fingerprint density at radius 3 is 3.05 bits per heavy atom. The van der Waals surface area contributed by atoms with Crippen LogP contribution in [0.1, 0.15) is 37.7 Å². The minimum Gasteiger partial charge on any atom is -0.378 e. The largest absolute Gasteiger partial charge is 0.378 e. The molecular formula is C15H22ClFN2O. The first-order valence-electron chi connectivity index (χ1n) is 7.21. The Kier molecular flexibility index (Phi) is 6.23. The fraction of sp³-hybridized carbons (Fsp3) is 0.600. The van der Waals surface area contributed by atoms with Crippen molar-refractivity contribution in [3.05, 3.63) is 34.6 Å². The van der Waals surface area contributed by atoms with E-state index in [4.69, 9.17) is 22.2 Å². The number of hydrazine groups is 1. The molecule has 0 aliphatic carbocycles. The number of benzene rings is 1. The molecule has 3 nitrogen and oxygen atoms in total. The lowest BCUT2D eigenvalue weighted by atomic mass is 9.99. The third kappa shape index (κ3) is 4.42. The molecule has 0 saturated carbocycles. The Morgan fingerprint density at radius 1 is 1.50 bits per heavy atom. The molecule has 3 N–H and O–H groups in total. The van der Waals surface area contributed by atoms with E-state index < -0.39 is 0 Å². The molecular weight excluding hydrogens is 279 g/mol. The molecule has 0 radical (unpaired) electrons. The van der Waals surface area contributed by atoms with E-state index in [2.05, 4.69) is 5.43 Å². The van der Waals surface area contributed by atoms with Crippen molar-refractivity contribution in [2.24, 2.45) is 5.84 Å². The minimum absolute atomic E-state index is 0.0596. The molecule has 1 fully saturated rings. The molecule has 0 bridgehead atoms. The molecule has 2 unspecified atom stereocenters. The maximum absolute atomic E-state index is 13.8. The van der Waals surface area contributed by atoms with Crippen LogP contribution < -0.4 is 11.3 Å². The molecule has 1 aliphatic rings. The Balaban J connectivity index is 1.80. The van der Waals surface area contributed by atoms with Gasteiger partial charge in [-0.2, -0.15) is 0 Å². The van der Waals surface area contributed by atoms with Crippen molar-refractivity contribution in [1.29, 1.82) is 0 Å². The van der Waals surface area contributed by atoms with Gasteiger partial charge >= 0.3 is 0 Å². The van der Waals surface area contributed by atoms with Crippen molar-refractivity contribution < 1.29 is 9.13 Å². The lowest BCUT2D eigenvalue weighted by Gasteiger charge is -2.17. The van der Waals surface area contributed by atoms with E-state index in [0.717, 1.165) is 38.7 Å². The second-order valence-electron chi connectivity index (χ2n) is 5.35. The quantitative estimate of drug-likeness (QED) is 0.600. The highest BCUT2D eigenvalue weighted by molar-refractivity contribution is 6.30. The first-order chi connectivity index (χ1) is 9.70. The molecule has 0 aromatic heterocycles. The van der Waals surface area contributed by atoms with E-state index in [-0.39, 0.29) is 16.9 Å². The summed E-state index contributed by atoms with van der Waals surface area (Å²) >= 11 is 5.79. The van der Waals surface area contributed by atoms with Crippen LogP contribution in [0.4, 0.5) is 4.39 Å². The highest BCUT2D eigenvalue weighted by Gasteiger charge is 2.17. The second-order valence-corrected chi connectivity index (χ2v) is 5.75. The first kappa shape index (κ1) is 15.7. The van der Waals surface area contributed by atoms with E-state index in [9.17, 15) is 4.39 Å². The van der Waals surface area contributed by atoms with Gasteiger partial charge in [0.05, 0.1) is 11.1 Å². The van der Waals surface area contributed by atoms with Gasteiger partial charge in [0.25, 0.3) is 0 Å². The number of ether oxygens (including phenoxy) is 1. The van der Waals surface area contributed by atoms with E-state index in [1.165, 1.54) is 0 Å². The Labute approximate surface area is 124 Å². The maximum Gasteiger partial charge on any atom is 0.145 e. The summed E-state index contributed by atoms with van der Waals surface area (Å²) in [6, 6.07) is 5.14. The molecule has 20 heavy (non-hydrogen) atoms. The highest BCUT2D eigenvalue weighted by atomic mass is 35.5. The third-order valence-electron chi connectivity index (χ3n) is 3.84. The molecule has 5 heteroatoms. The topological polar surface area (TPSA) is 47.3 Å². The maximum atomic E-state index is 13.8. The molecule has 112 valence electrons. The number of halogens is 2. The van der Waals surface area contributed by atoms with Crippen LogP contribution in [0.25, 0.3) is 0 Å². The number of rotatable bonds is 7. The zero-order chi connectivity index (χ0) is 14.4. The standard InChI is InChI=1S/C15H22ClFN2O/c16-14-8-1-4-11(15(14)17)10-12(19-18)5-2-6-13-7-3-9-20-13/h1,4,8,12-13,19H,2-3,5-7,9-10,18H2. The summed E-state index contributed by atoms with van der Waals surface area (Å²) in [6.07, 6.45) is 6.26. The zero-order valence-electron chi connectivity index (χ0n) is 11.6. The number of hydrogen-bond donors (Lipinski definition) is 2. The molecule has 1 aromatic rings. The summed E-state index contributed by atoms with van der Waals surface area (Å²) in [6.45, 7) is 0.886. The van der Waals surface area contributed by atoms with Gasteiger partial charge in [-0.3, -0.25) is 11.3 Å². The van der Waals surface area contributed by atoms with Crippen LogP contribution in [0.2, 0.25) is 5.02 Å². The van der Waals surface area contributed by atoms with Gasteiger partial charge in [-0.1, -0.05) is 23.7 Å².